The van der Waals surface area contributed by atoms with Crippen molar-refractivity contribution in [2.45, 2.75) is 88.1 Å². The van der Waals surface area contributed by atoms with Crippen molar-refractivity contribution in [3.63, 3.8) is 0 Å². The van der Waals surface area contributed by atoms with E-state index in [2.05, 4.69) is 4.74 Å². The molecule has 2 heterocycles. The minimum Gasteiger partial charge on any atom is -0.362 e. The maximum Gasteiger partial charge on any atom is 0.425 e. The van der Waals surface area contributed by atoms with Gasteiger partial charge in [-0.1, -0.05) is 6.92 Å². The van der Waals surface area contributed by atoms with E-state index in [1.165, 1.54) is 6.92 Å². The zero-order valence-electron chi connectivity index (χ0n) is 16.7. The summed E-state index contributed by atoms with van der Waals surface area (Å²) in [6.07, 6.45) is -22.0. The fraction of sp³-hybridized carbons (Fsp3) is 1.00. The summed E-state index contributed by atoms with van der Waals surface area (Å²) in [5, 5.41) is 0. The van der Waals surface area contributed by atoms with Gasteiger partial charge in [0.25, 0.3) is 12.1 Å². The van der Waals surface area contributed by atoms with Crippen molar-refractivity contribution < 1.29 is 53.0 Å². The van der Waals surface area contributed by atoms with Crippen LogP contribution in [0.15, 0.2) is 0 Å². The van der Waals surface area contributed by atoms with Gasteiger partial charge in [0, 0.05) is 13.1 Å². The molecule has 0 aromatic carbocycles. The van der Waals surface area contributed by atoms with Gasteiger partial charge in [0.15, 0.2) is 0 Å². The molecule has 184 valence electrons. The third-order valence-corrected chi connectivity index (χ3v) is 6.00. The van der Waals surface area contributed by atoms with E-state index in [1.54, 1.807) is 0 Å². The van der Waals surface area contributed by atoms with Gasteiger partial charge in [0.2, 0.25) is 0 Å². The summed E-state index contributed by atoms with van der Waals surface area (Å²) in [5.74, 6) is -11.5. The predicted octanol–water partition coefficient (Wildman–Crippen LogP) is 6.00. The highest BCUT2D eigenvalue weighted by Gasteiger charge is 2.63. The number of hydrogen-bond acceptors (Lipinski definition) is 2. The first-order valence-corrected chi connectivity index (χ1v) is 9.81. The Balaban J connectivity index is 2.17. The molecule has 0 amide bonds. The first-order valence-electron chi connectivity index (χ1n) is 9.81. The smallest absolute Gasteiger partial charge is 0.362 e. The van der Waals surface area contributed by atoms with E-state index < -0.39 is 79.8 Å². The standard InChI is InChI=1S/C18H24F11NO/c1-9-6-11(17(24,25)26)8-30(7-9)10(2)15(20,21)12-4-3-5-13(31-12)16(22,23)14(19)18(27,28)29/h9-14H,3-8H2,1-2H3. The number of piperidine rings is 1. The summed E-state index contributed by atoms with van der Waals surface area (Å²) in [6.45, 7) is 1.56. The van der Waals surface area contributed by atoms with E-state index in [4.69, 9.17) is 0 Å². The molecule has 0 saturated carbocycles. The molecule has 2 fully saturated rings. The summed E-state index contributed by atoms with van der Waals surface area (Å²) in [4.78, 5) is 0.894. The first-order chi connectivity index (χ1) is 13.9. The third-order valence-electron chi connectivity index (χ3n) is 6.00. The van der Waals surface area contributed by atoms with Crippen molar-refractivity contribution in [3.8, 4) is 0 Å². The molecule has 0 aliphatic carbocycles. The van der Waals surface area contributed by atoms with Gasteiger partial charge in [0.05, 0.1) is 12.0 Å². The first kappa shape index (κ1) is 26.4. The quantitative estimate of drug-likeness (QED) is 0.449. The van der Waals surface area contributed by atoms with Crippen molar-refractivity contribution in [2.24, 2.45) is 11.8 Å². The predicted molar refractivity (Wildman–Crippen MR) is 87.7 cm³/mol. The van der Waals surface area contributed by atoms with Crippen molar-refractivity contribution in [3.05, 3.63) is 0 Å². The summed E-state index contributed by atoms with van der Waals surface area (Å²) >= 11 is 0. The fourth-order valence-electron chi connectivity index (χ4n) is 4.23. The van der Waals surface area contributed by atoms with Crippen LogP contribution in [0.3, 0.4) is 0 Å². The van der Waals surface area contributed by atoms with Gasteiger partial charge in [-0.3, -0.25) is 4.90 Å². The molecule has 13 heteroatoms. The maximum atomic E-state index is 15.0. The van der Waals surface area contributed by atoms with E-state index in [9.17, 15) is 39.5 Å². The van der Waals surface area contributed by atoms with Crippen LogP contribution < -0.4 is 0 Å². The molecule has 31 heavy (non-hydrogen) atoms. The lowest BCUT2D eigenvalue weighted by atomic mass is 9.87. The molecule has 0 aromatic rings. The van der Waals surface area contributed by atoms with Crippen LogP contribution in [0.1, 0.15) is 39.5 Å². The van der Waals surface area contributed by atoms with Gasteiger partial charge in [0.1, 0.15) is 12.2 Å². The average molecular weight is 479 g/mol. The molecule has 2 saturated heterocycles. The lowest BCUT2D eigenvalue weighted by Gasteiger charge is -2.46. The number of likely N-dealkylation sites (tertiary alicyclic amines) is 1. The van der Waals surface area contributed by atoms with Gasteiger partial charge in [-0.2, -0.15) is 26.3 Å². The summed E-state index contributed by atoms with van der Waals surface area (Å²) in [6, 6.07) is -1.86. The van der Waals surface area contributed by atoms with Crippen molar-refractivity contribution >= 4 is 0 Å². The highest BCUT2D eigenvalue weighted by Crippen LogP contribution is 2.45. The van der Waals surface area contributed by atoms with Crippen LogP contribution in [-0.4, -0.2) is 66.6 Å². The Kier molecular flexibility index (Phi) is 7.52. The molecule has 0 aromatic heterocycles. The number of hydrogen-bond donors (Lipinski definition) is 0. The molecule has 2 nitrogen and oxygen atoms in total. The Hall–Kier alpha value is -0.850. The minimum absolute atomic E-state index is 0.101. The van der Waals surface area contributed by atoms with Crippen LogP contribution >= 0.6 is 0 Å². The van der Waals surface area contributed by atoms with E-state index in [0.29, 0.717) is 0 Å². The maximum absolute atomic E-state index is 15.0. The van der Waals surface area contributed by atoms with Crippen LogP contribution in [0.25, 0.3) is 0 Å². The highest BCUT2D eigenvalue weighted by molar-refractivity contribution is 4.98. The molecular formula is C18H24F11NO. The monoisotopic (exact) mass is 479 g/mol. The van der Waals surface area contributed by atoms with Crippen LogP contribution in [0.5, 0.6) is 0 Å². The number of alkyl halides is 11. The number of nitrogens with zero attached hydrogens (tertiary/aromatic N) is 1. The summed E-state index contributed by atoms with van der Waals surface area (Å²) < 4.78 is 152. The molecule has 2 rings (SSSR count). The van der Waals surface area contributed by atoms with E-state index in [-0.39, 0.29) is 19.4 Å². The number of halogens is 11. The lowest BCUT2D eigenvalue weighted by molar-refractivity contribution is -0.300. The van der Waals surface area contributed by atoms with Crippen molar-refractivity contribution in [1.29, 1.82) is 0 Å². The SMILES string of the molecule is CC1CC(C(F)(F)F)CN(C(C)C(F)(F)C2CCCC(C(F)(F)C(F)C(F)(F)F)O2)C1. The Bertz CT molecular complexity index is 606. The van der Waals surface area contributed by atoms with E-state index >= 15 is 8.78 Å². The highest BCUT2D eigenvalue weighted by atomic mass is 19.4. The van der Waals surface area contributed by atoms with Crippen LogP contribution in [0.2, 0.25) is 0 Å². The number of rotatable bonds is 5. The Morgan fingerprint density at radius 2 is 1.35 bits per heavy atom. The van der Waals surface area contributed by atoms with Crippen LogP contribution in [0.4, 0.5) is 48.3 Å². The van der Waals surface area contributed by atoms with E-state index in [1.807, 2.05) is 0 Å². The Morgan fingerprint density at radius 1 is 0.839 bits per heavy atom. The molecular weight excluding hydrogens is 455 g/mol. The fourth-order valence-corrected chi connectivity index (χ4v) is 4.23. The normalized spacial score (nSPS) is 32.0. The molecule has 0 bridgehead atoms. The van der Waals surface area contributed by atoms with Crippen molar-refractivity contribution in [2.75, 3.05) is 13.1 Å². The second-order valence-electron chi connectivity index (χ2n) is 8.51. The molecule has 0 N–H and O–H groups in total. The molecule has 6 unspecified atom stereocenters. The average Bonchev–Trinajstić information content (AvgIpc) is 2.64. The Morgan fingerprint density at radius 3 is 1.84 bits per heavy atom. The van der Waals surface area contributed by atoms with Crippen molar-refractivity contribution in [1.82, 2.24) is 4.90 Å². The minimum atomic E-state index is -5.91. The van der Waals surface area contributed by atoms with Gasteiger partial charge in [-0.25, -0.2) is 22.0 Å². The summed E-state index contributed by atoms with van der Waals surface area (Å²) in [7, 11) is 0. The third kappa shape index (κ3) is 5.75. The zero-order chi connectivity index (χ0) is 24.0. The van der Waals surface area contributed by atoms with Crippen LogP contribution in [-0.2, 0) is 4.74 Å². The summed E-state index contributed by atoms with van der Waals surface area (Å²) in [5.41, 5.74) is 0. The van der Waals surface area contributed by atoms with E-state index in [0.717, 1.165) is 11.8 Å². The zero-order valence-corrected chi connectivity index (χ0v) is 16.7. The topological polar surface area (TPSA) is 12.5 Å². The molecule has 0 spiro atoms. The van der Waals surface area contributed by atoms with Gasteiger partial charge >= 0.3 is 18.3 Å². The van der Waals surface area contributed by atoms with Gasteiger partial charge in [-0.15, -0.1) is 0 Å². The second-order valence-corrected chi connectivity index (χ2v) is 8.51. The second kappa shape index (κ2) is 8.83. The number of ether oxygens (including phenoxy) is 1. The largest absolute Gasteiger partial charge is 0.425 e. The molecule has 2 aliphatic rings. The molecule has 6 atom stereocenters. The lowest BCUT2D eigenvalue weighted by Crippen LogP contribution is -2.60. The van der Waals surface area contributed by atoms with Crippen LogP contribution in [0, 0.1) is 11.8 Å². The van der Waals surface area contributed by atoms with Gasteiger partial charge in [-0.05, 0) is 38.5 Å². The Labute approximate surface area is 172 Å². The van der Waals surface area contributed by atoms with Gasteiger partial charge < -0.3 is 4.74 Å². The molecule has 2 aliphatic heterocycles. The molecule has 0 radical (unpaired) electrons.